The van der Waals surface area contributed by atoms with Gasteiger partial charge in [0, 0.05) is 20.8 Å². The molecular weight excluding hydrogens is 484 g/mol. The molecule has 0 aliphatic carbocycles. The Balaban J connectivity index is 1.59. The fourth-order valence-corrected chi connectivity index (χ4v) is 4.78. The van der Waals surface area contributed by atoms with Gasteiger partial charge in [-0.15, -0.1) is 0 Å². The van der Waals surface area contributed by atoms with Crippen molar-refractivity contribution in [1.82, 2.24) is 0 Å². The molecule has 4 heterocycles. The van der Waals surface area contributed by atoms with Gasteiger partial charge in [-0.05, 0) is 27.7 Å². The third-order valence-electron chi connectivity index (χ3n) is 6.04. The Kier molecular flexibility index (Phi) is 7.64. The summed E-state index contributed by atoms with van der Waals surface area (Å²) in [6.07, 6.45) is -7.82. The third kappa shape index (κ3) is 5.98. The quantitative estimate of drug-likeness (QED) is 0.342. The number of esters is 3. The maximum Gasteiger partial charge on any atom is 0.303 e. The Morgan fingerprint density at radius 3 is 2.03 bits per heavy atom. The number of carbonyl (C=O) groups is 3. The first kappa shape index (κ1) is 27.2. The second-order valence-corrected chi connectivity index (χ2v) is 10.0. The fraction of sp³-hybridized carbons (Fsp3) is 0.870. The highest BCUT2D eigenvalue weighted by Gasteiger charge is 2.61. The minimum absolute atomic E-state index is 0.240. The van der Waals surface area contributed by atoms with Crippen LogP contribution < -0.4 is 0 Å². The van der Waals surface area contributed by atoms with E-state index in [9.17, 15) is 14.4 Å². The molecule has 4 fully saturated rings. The molecule has 36 heavy (non-hydrogen) atoms. The molecule has 4 rings (SSSR count). The zero-order valence-electron chi connectivity index (χ0n) is 21.4. The molecule has 4 aliphatic heterocycles. The van der Waals surface area contributed by atoms with Crippen molar-refractivity contribution in [3.05, 3.63) is 0 Å². The summed E-state index contributed by atoms with van der Waals surface area (Å²) >= 11 is 0. The van der Waals surface area contributed by atoms with Crippen LogP contribution in [0.1, 0.15) is 48.5 Å². The summed E-state index contributed by atoms with van der Waals surface area (Å²) in [4.78, 5) is 35.2. The van der Waals surface area contributed by atoms with Crippen molar-refractivity contribution in [3.63, 3.8) is 0 Å². The fourth-order valence-electron chi connectivity index (χ4n) is 4.78. The van der Waals surface area contributed by atoms with E-state index in [-0.39, 0.29) is 13.2 Å². The first-order valence-corrected chi connectivity index (χ1v) is 11.9. The van der Waals surface area contributed by atoms with Crippen LogP contribution in [-0.2, 0) is 61.8 Å². The molecule has 0 spiro atoms. The van der Waals surface area contributed by atoms with E-state index in [2.05, 4.69) is 0 Å². The number of hydrogen-bond acceptors (Lipinski definition) is 13. The molecule has 5 unspecified atom stereocenters. The zero-order chi connectivity index (χ0) is 26.4. The number of carbonyl (C=O) groups excluding carboxylic acids is 3. The van der Waals surface area contributed by atoms with Crippen LogP contribution in [0.4, 0.5) is 0 Å². The average Bonchev–Trinajstić information content (AvgIpc) is 3.42. The van der Waals surface area contributed by atoms with Crippen molar-refractivity contribution in [1.29, 1.82) is 0 Å². The third-order valence-corrected chi connectivity index (χ3v) is 6.04. The Hall–Kier alpha value is -1.87. The molecule has 4 aliphatic rings. The Morgan fingerprint density at radius 1 is 0.778 bits per heavy atom. The van der Waals surface area contributed by atoms with Crippen LogP contribution in [0.5, 0.6) is 0 Å². The minimum atomic E-state index is -1.21. The van der Waals surface area contributed by atoms with E-state index >= 15 is 0 Å². The molecule has 0 N–H and O–H groups in total. The summed E-state index contributed by atoms with van der Waals surface area (Å²) in [5.74, 6) is -3.59. The van der Waals surface area contributed by atoms with Gasteiger partial charge in [0.25, 0.3) is 0 Å². The van der Waals surface area contributed by atoms with E-state index < -0.39 is 84.8 Å². The smallest absolute Gasteiger partial charge is 0.303 e. The van der Waals surface area contributed by atoms with Crippen molar-refractivity contribution in [3.8, 4) is 0 Å². The molecule has 0 saturated carbocycles. The topological polar surface area (TPSA) is 144 Å². The largest absolute Gasteiger partial charge is 0.463 e. The molecule has 0 aromatic carbocycles. The summed E-state index contributed by atoms with van der Waals surface area (Å²) in [7, 11) is 0. The van der Waals surface area contributed by atoms with Gasteiger partial charge in [0.05, 0.1) is 6.61 Å². The zero-order valence-corrected chi connectivity index (χ0v) is 21.4. The van der Waals surface area contributed by atoms with Crippen molar-refractivity contribution < 1.29 is 61.8 Å². The van der Waals surface area contributed by atoms with Crippen molar-refractivity contribution >= 4 is 17.9 Å². The minimum Gasteiger partial charge on any atom is -0.463 e. The van der Waals surface area contributed by atoms with Crippen LogP contribution >= 0.6 is 0 Å². The first-order valence-electron chi connectivity index (χ1n) is 11.9. The normalized spacial score (nSPS) is 40.6. The molecule has 13 heteroatoms. The first-order chi connectivity index (χ1) is 16.7. The maximum absolute atomic E-state index is 11.9. The summed E-state index contributed by atoms with van der Waals surface area (Å²) < 4.78 is 58.0. The van der Waals surface area contributed by atoms with E-state index in [1.807, 2.05) is 0 Å². The number of hydrogen-bond donors (Lipinski definition) is 0. The maximum atomic E-state index is 11.9. The number of ether oxygens (including phenoxy) is 10. The average molecular weight is 519 g/mol. The Morgan fingerprint density at radius 2 is 1.44 bits per heavy atom. The van der Waals surface area contributed by atoms with E-state index in [1.165, 1.54) is 20.8 Å². The van der Waals surface area contributed by atoms with Gasteiger partial charge >= 0.3 is 17.9 Å². The standard InChI is InChI=1S/C23H34O13/c1-10(24)27-8-13-15(29-11(2)25)18(30-12(3)26)20(31-13)33-17-16(14-9-28-22(4,5)34-14)32-21-19(17)35-23(6,7)36-21/h13-21H,8-9H2,1-7H3/t13-,14?,15+,16?,17?,18+,19?,20-,21?/m1/s1. The molecule has 0 amide bonds. The van der Waals surface area contributed by atoms with Gasteiger partial charge in [-0.1, -0.05) is 0 Å². The predicted molar refractivity (Wildman–Crippen MR) is 115 cm³/mol. The SMILES string of the molecule is CC(=O)OC[C@H]1O[C@H](OC2C(C3COC(C)(C)O3)OC3OC(C)(C)OC32)[C@@H](OC(C)=O)[C@H]1OC(C)=O. The molecule has 204 valence electrons. The second kappa shape index (κ2) is 10.1. The van der Waals surface area contributed by atoms with E-state index in [0.717, 1.165) is 0 Å². The van der Waals surface area contributed by atoms with Gasteiger partial charge in [-0.2, -0.15) is 0 Å². The van der Waals surface area contributed by atoms with Crippen LogP contribution in [0, 0.1) is 0 Å². The molecule has 13 nitrogen and oxygen atoms in total. The molecule has 4 saturated heterocycles. The lowest BCUT2D eigenvalue weighted by Gasteiger charge is -2.31. The Labute approximate surface area is 208 Å². The second-order valence-electron chi connectivity index (χ2n) is 10.0. The van der Waals surface area contributed by atoms with E-state index in [0.29, 0.717) is 0 Å². The van der Waals surface area contributed by atoms with Gasteiger partial charge in [-0.25, -0.2) is 0 Å². The summed E-state index contributed by atoms with van der Waals surface area (Å²) in [5, 5.41) is 0. The molecule has 0 radical (unpaired) electrons. The van der Waals surface area contributed by atoms with Crippen LogP contribution in [0.3, 0.4) is 0 Å². The lowest BCUT2D eigenvalue weighted by molar-refractivity contribution is -0.262. The van der Waals surface area contributed by atoms with Gasteiger partial charge in [-0.3, -0.25) is 14.4 Å². The lowest BCUT2D eigenvalue weighted by atomic mass is 10.1. The summed E-state index contributed by atoms with van der Waals surface area (Å²) in [5.41, 5.74) is 0. The van der Waals surface area contributed by atoms with Gasteiger partial charge in [0.15, 0.2) is 36.4 Å². The molecule has 0 aromatic rings. The van der Waals surface area contributed by atoms with Gasteiger partial charge < -0.3 is 47.4 Å². The predicted octanol–water partition coefficient (Wildman–Crippen LogP) is 0.551. The molecular formula is C23H34O13. The van der Waals surface area contributed by atoms with Crippen molar-refractivity contribution in [2.45, 2.75) is 115 Å². The monoisotopic (exact) mass is 518 g/mol. The summed E-state index contributed by atoms with van der Waals surface area (Å²) in [6, 6.07) is 0. The van der Waals surface area contributed by atoms with Crippen molar-refractivity contribution in [2.75, 3.05) is 13.2 Å². The highest BCUT2D eigenvalue weighted by atomic mass is 16.9. The number of rotatable bonds is 7. The van der Waals surface area contributed by atoms with Crippen LogP contribution in [0.2, 0.25) is 0 Å². The van der Waals surface area contributed by atoms with Gasteiger partial charge in [0.1, 0.15) is 37.1 Å². The van der Waals surface area contributed by atoms with Crippen LogP contribution in [0.25, 0.3) is 0 Å². The van der Waals surface area contributed by atoms with Gasteiger partial charge in [0.2, 0.25) is 0 Å². The molecule has 0 bridgehead atoms. The van der Waals surface area contributed by atoms with E-state index in [4.69, 9.17) is 47.4 Å². The lowest BCUT2D eigenvalue weighted by Crippen LogP contribution is -2.48. The molecule has 9 atom stereocenters. The van der Waals surface area contributed by atoms with Crippen LogP contribution in [-0.4, -0.2) is 98.0 Å². The van der Waals surface area contributed by atoms with Crippen LogP contribution in [0.15, 0.2) is 0 Å². The van der Waals surface area contributed by atoms with Crippen molar-refractivity contribution in [2.24, 2.45) is 0 Å². The highest BCUT2D eigenvalue weighted by Crippen LogP contribution is 2.43. The Bertz CT molecular complexity index is 857. The summed E-state index contributed by atoms with van der Waals surface area (Å²) in [6.45, 7) is 10.7. The molecule has 0 aromatic heterocycles. The van der Waals surface area contributed by atoms with E-state index in [1.54, 1.807) is 27.7 Å². The highest BCUT2D eigenvalue weighted by molar-refractivity contribution is 5.68. The number of fused-ring (bicyclic) bond motifs is 1.